The van der Waals surface area contributed by atoms with E-state index in [2.05, 4.69) is 20.6 Å². The van der Waals surface area contributed by atoms with E-state index >= 15 is 0 Å². The van der Waals surface area contributed by atoms with Crippen LogP contribution in [-0.4, -0.2) is 16.5 Å². The van der Waals surface area contributed by atoms with Crippen molar-refractivity contribution in [1.29, 1.82) is 0 Å². The van der Waals surface area contributed by atoms with Gasteiger partial charge in [0, 0.05) is 6.54 Å². The van der Waals surface area contributed by atoms with Gasteiger partial charge in [-0.25, -0.2) is 4.98 Å². The summed E-state index contributed by atoms with van der Waals surface area (Å²) < 4.78 is 5.21. The molecule has 0 aliphatic heterocycles. The Hall–Kier alpha value is -2.04. The number of rotatable bonds is 5. The average molecular weight is 218 g/mol. The monoisotopic (exact) mass is 218 g/mol. The molecule has 0 aromatic carbocycles. The van der Waals surface area contributed by atoms with E-state index in [1.807, 2.05) is 19.1 Å². The molecule has 0 aliphatic rings. The van der Waals surface area contributed by atoms with Crippen LogP contribution in [0.4, 0.5) is 11.6 Å². The number of hydrogen-bond acceptors (Lipinski definition) is 5. The number of nitrogens with one attached hydrogen (secondary N) is 2. The summed E-state index contributed by atoms with van der Waals surface area (Å²) >= 11 is 0. The summed E-state index contributed by atoms with van der Waals surface area (Å²) in [6, 6.07) is 3.77. The molecule has 0 radical (unpaired) electrons. The Bertz CT molecular complexity index is 427. The summed E-state index contributed by atoms with van der Waals surface area (Å²) in [5.74, 6) is 2.37. The Morgan fingerprint density at radius 3 is 2.75 bits per heavy atom. The Kier molecular flexibility index (Phi) is 3.38. The fraction of sp³-hybridized carbons (Fsp3) is 0.273. The third-order valence-electron chi connectivity index (χ3n) is 2.02. The van der Waals surface area contributed by atoms with Crippen LogP contribution in [0.1, 0.15) is 12.7 Å². The highest BCUT2D eigenvalue weighted by Crippen LogP contribution is 2.08. The first kappa shape index (κ1) is 10.5. The summed E-state index contributed by atoms with van der Waals surface area (Å²) in [6.07, 6.45) is 5.03. The molecule has 0 bridgehead atoms. The van der Waals surface area contributed by atoms with Crippen LogP contribution in [0.15, 0.2) is 35.2 Å². The number of anilines is 2. The predicted molar refractivity (Wildman–Crippen MR) is 62.2 cm³/mol. The minimum Gasteiger partial charge on any atom is -0.467 e. The zero-order valence-electron chi connectivity index (χ0n) is 9.10. The van der Waals surface area contributed by atoms with Crippen molar-refractivity contribution >= 4 is 11.6 Å². The van der Waals surface area contributed by atoms with Gasteiger partial charge in [-0.2, -0.15) is 0 Å². The van der Waals surface area contributed by atoms with E-state index in [9.17, 15) is 0 Å². The van der Waals surface area contributed by atoms with Crippen molar-refractivity contribution in [2.75, 3.05) is 17.2 Å². The first-order valence-electron chi connectivity index (χ1n) is 5.20. The van der Waals surface area contributed by atoms with E-state index in [1.54, 1.807) is 18.7 Å². The second-order valence-electron chi connectivity index (χ2n) is 3.25. The van der Waals surface area contributed by atoms with Crippen LogP contribution in [0.5, 0.6) is 0 Å². The van der Waals surface area contributed by atoms with Crippen molar-refractivity contribution in [1.82, 2.24) is 9.97 Å². The van der Waals surface area contributed by atoms with E-state index in [-0.39, 0.29) is 0 Å². The molecule has 0 saturated carbocycles. The minimum absolute atomic E-state index is 0.608. The number of aromatic nitrogens is 2. The fourth-order valence-electron chi connectivity index (χ4n) is 1.31. The molecule has 2 rings (SSSR count). The summed E-state index contributed by atoms with van der Waals surface area (Å²) in [7, 11) is 0. The summed E-state index contributed by atoms with van der Waals surface area (Å²) in [6.45, 7) is 3.46. The SMILES string of the molecule is CCNc1cncc(NCc2ccco2)n1. The molecule has 0 spiro atoms. The Balaban J connectivity index is 1.96. The lowest BCUT2D eigenvalue weighted by Crippen LogP contribution is -2.04. The average Bonchev–Trinajstić information content (AvgIpc) is 2.80. The van der Waals surface area contributed by atoms with Gasteiger partial charge in [0.15, 0.2) is 0 Å². The smallest absolute Gasteiger partial charge is 0.147 e. The van der Waals surface area contributed by atoms with Crippen LogP contribution in [-0.2, 0) is 6.54 Å². The van der Waals surface area contributed by atoms with Crippen molar-refractivity contribution in [2.24, 2.45) is 0 Å². The normalized spacial score (nSPS) is 10.1. The van der Waals surface area contributed by atoms with Crippen molar-refractivity contribution < 1.29 is 4.42 Å². The summed E-state index contributed by atoms with van der Waals surface area (Å²) in [5, 5.41) is 6.24. The van der Waals surface area contributed by atoms with Crippen LogP contribution in [0.3, 0.4) is 0 Å². The fourth-order valence-corrected chi connectivity index (χ4v) is 1.31. The van der Waals surface area contributed by atoms with Gasteiger partial charge < -0.3 is 15.1 Å². The highest BCUT2D eigenvalue weighted by Gasteiger charge is 1.99. The quantitative estimate of drug-likeness (QED) is 0.804. The first-order valence-corrected chi connectivity index (χ1v) is 5.20. The van der Waals surface area contributed by atoms with Gasteiger partial charge in [0.1, 0.15) is 17.4 Å². The zero-order valence-corrected chi connectivity index (χ0v) is 9.10. The number of hydrogen-bond donors (Lipinski definition) is 2. The molecule has 2 aromatic heterocycles. The van der Waals surface area contributed by atoms with Gasteiger partial charge in [-0.15, -0.1) is 0 Å². The lowest BCUT2D eigenvalue weighted by molar-refractivity contribution is 0.518. The molecule has 0 saturated heterocycles. The minimum atomic E-state index is 0.608. The van der Waals surface area contributed by atoms with E-state index < -0.39 is 0 Å². The second kappa shape index (κ2) is 5.16. The summed E-state index contributed by atoms with van der Waals surface area (Å²) in [4.78, 5) is 8.42. The molecule has 2 heterocycles. The highest BCUT2D eigenvalue weighted by atomic mass is 16.3. The Labute approximate surface area is 93.9 Å². The molecule has 16 heavy (non-hydrogen) atoms. The molecule has 2 N–H and O–H groups in total. The lowest BCUT2D eigenvalue weighted by atomic mass is 10.4. The summed E-state index contributed by atoms with van der Waals surface area (Å²) in [5.41, 5.74) is 0. The van der Waals surface area contributed by atoms with Crippen LogP contribution in [0.2, 0.25) is 0 Å². The molecule has 0 amide bonds. The van der Waals surface area contributed by atoms with Crippen molar-refractivity contribution in [3.8, 4) is 0 Å². The molecule has 2 aromatic rings. The molecule has 0 fully saturated rings. The molecule has 0 atom stereocenters. The topological polar surface area (TPSA) is 63.0 Å². The zero-order chi connectivity index (χ0) is 11.2. The highest BCUT2D eigenvalue weighted by molar-refractivity contribution is 5.41. The van der Waals surface area contributed by atoms with Crippen molar-refractivity contribution in [3.05, 3.63) is 36.5 Å². The third-order valence-corrected chi connectivity index (χ3v) is 2.02. The third kappa shape index (κ3) is 2.73. The van der Waals surface area contributed by atoms with Gasteiger partial charge in [0.25, 0.3) is 0 Å². The molecule has 0 unspecified atom stereocenters. The first-order chi connectivity index (χ1) is 7.88. The van der Waals surface area contributed by atoms with E-state index in [1.165, 1.54) is 0 Å². The molecule has 5 nitrogen and oxygen atoms in total. The van der Waals surface area contributed by atoms with Gasteiger partial charge in [-0.3, -0.25) is 4.98 Å². The van der Waals surface area contributed by atoms with Gasteiger partial charge >= 0.3 is 0 Å². The van der Waals surface area contributed by atoms with Gasteiger partial charge in [-0.05, 0) is 19.1 Å². The number of nitrogens with zero attached hydrogens (tertiary/aromatic N) is 2. The molecule has 5 heteroatoms. The van der Waals surface area contributed by atoms with Crippen LogP contribution in [0, 0.1) is 0 Å². The molecule has 0 aliphatic carbocycles. The van der Waals surface area contributed by atoms with Crippen molar-refractivity contribution in [3.63, 3.8) is 0 Å². The van der Waals surface area contributed by atoms with Crippen LogP contribution < -0.4 is 10.6 Å². The van der Waals surface area contributed by atoms with Gasteiger partial charge in [0.05, 0.1) is 25.2 Å². The van der Waals surface area contributed by atoms with Crippen LogP contribution >= 0.6 is 0 Å². The largest absolute Gasteiger partial charge is 0.467 e. The molecule has 84 valence electrons. The predicted octanol–water partition coefficient (Wildman–Crippen LogP) is 2.11. The lowest BCUT2D eigenvalue weighted by Gasteiger charge is -2.05. The molecular formula is C11H14N4O. The maximum absolute atomic E-state index is 5.21. The Morgan fingerprint density at radius 2 is 2.06 bits per heavy atom. The Morgan fingerprint density at radius 1 is 1.25 bits per heavy atom. The van der Waals surface area contributed by atoms with Crippen LogP contribution in [0.25, 0.3) is 0 Å². The second-order valence-corrected chi connectivity index (χ2v) is 3.25. The maximum Gasteiger partial charge on any atom is 0.147 e. The number of furan rings is 1. The van der Waals surface area contributed by atoms with E-state index in [0.29, 0.717) is 6.54 Å². The van der Waals surface area contributed by atoms with Gasteiger partial charge in [-0.1, -0.05) is 0 Å². The van der Waals surface area contributed by atoms with Crippen molar-refractivity contribution in [2.45, 2.75) is 13.5 Å². The standard InChI is InChI=1S/C11H14N4O/c1-2-13-10-7-12-8-11(15-10)14-6-9-4-3-5-16-9/h3-5,7-8H,2,6H2,1H3,(H2,13,14,15). The maximum atomic E-state index is 5.21. The molecular weight excluding hydrogens is 204 g/mol. The van der Waals surface area contributed by atoms with E-state index in [4.69, 9.17) is 4.42 Å². The van der Waals surface area contributed by atoms with Gasteiger partial charge in [0.2, 0.25) is 0 Å². The van der Waals surface area contributed by atoms with E-state index in [0.717, 1.165) is 23.9 Å².